The Morgan fingerprint density at radius 3 is 2.30 bits per heavy atom. The predicted octanol–water partition coefficient (Wildman–Crippen LogP) is 2.22. The Bertz CT molecular complexity index is 93.4. The van der Waals surface area contributed by atoms with Gasteiger partial charge in [-0.3, -0.25) is 0 Å². The average Bonchev–Trinajstić information content (AvgIpc) is 1.80. The van der Waals surface area contributed by atoms with Crippen LogP contribution < -0.4 is 0 Å². The van der Waals surface area contributed by atoms with Crippen molar-refractivity contribution in [3.8, 4) is 0 Å². The van der Waals surface area contributed by atoms with Crippen LogP contribution >= 0.6 is 8.58 Å². The molecule has 0 heterocycles. The fourth-order valence-corrected chi connectivity index (χ4v) is 0.972. The van der Waals surface area contributed by atoms with Gasteiger partial charge < -0.3 is 4.74 Å². The van der Waals surface area contributed by atoms with Crippen LogP contribution in [-0.4, -0.2) is 25.3 Å². The van der Waals surface area contributed by atoms with Gasteiger partial charge in [-0.05, 0) is 6.92 Å². The molecule has 5 heteroatoms. The van der Waals surface area contributed by atoms with E-state index in [1.165, 1.54) is 7.11 Å². The van der Waals surface area contributed by atoms with Crippen LogP contribution in [0, 0.1) is 0 Å². The molecule has 0 fully saturated rings. The lowest BCUT2D eigenvalue weighted by Gasteiger charge is -2.14. The number of methoxy groups -OCH3 is 1. The van der Waals surface area contributed by atoms with E-state index in [0.717, 1.165) is 6.92 Å². The van der Waals surface area contributed by atoms with E-state index >= 15 is 0 Å². The Morgan fingerprint density at radius 1 is 1.50 bits per heavy atom. The lowest BCUT2D eigenvalue weighted by atomic mass is 10.5. The molecule has 2 unspecified atom stereocenters. The Kier molecular flexibility index (Phi) is 4.22. The maximum absolute atomic E-state index is 11.7. The summed E-state index contributed by atoms with van der Waals surface area (Å²) >= 11 is 0. The number of hydrogen-bond acceptors (Lipinski definition) is 1. The fraction of sp³-hybridized carbons (Fsp3) is 1.00. The second-order valence-electron chi connectivity index (χ2n) is 1.90. The number of hydrogen-bond donors (Lipinski definition) is 0. The van der Waals surface area contributed by atoms with E-state index in [2.05, 4.69) is 4.74 Å². The zero-order chi connectivity index (χ0) is 8.20. The van der Waals surface area contributed by atoms with Crippen molar-refractivity contribution in [2.24, 2.45) is 0 Å². The summed E-state index contributed by atoms with van der Waals surface area (Å²) in [5.41, 5.74) is -1.23. The minimum Gasteiger partial charge on any atom is -0.380 e. The molecule has 0 aliphatic carbocycles. The van der Waals surface area contributed by atoms with Gasteiger partial charge >= 0.3 is 6.18 Å². The molecule has 0 aromatic rings. The molecule has 0 saturated carbocycles. The molecule has 0 aliphatic heterocycles. The molecule has 0 bridgehead atoms. The fourth-order valence-electron chi connectivity index (χ4n) is 0.324. The van der Waals surface area contributed by atoms with Gasteiger partial charge in [0.25, 0.3) is 0 Å². The van der Waals surface area contributed by atoms with Crippen molar-refractivity contribution in [1.82, 2.24) is 0 Å². The molecular weight excluding hydrogens is 164 g/mol. The van der Waals surface area contributed by atoms with Gasteiger partial charge in [-0.1, -0.05) is 8.58 Å². The second kappa shape index (κ2) is 4.14. The molecule has 0 amide bonds. The van der Waals surface area contributed by atoms with Gasteiger partial charge in [0.1, 0.15) is 0 Å². The molecule has 2 atom stereocenters. The summed E-state index contributed by atoms with van der Waals surface area (Å²) in [7, 11) is 1.21. The third-order valence-electron chi connectivity index (χ3n) is 1.02. The van der Waals surface area contributed by atoms with Crippen LogP contribution in [0.4, 0.5) is 13.2 Å². The normalized spacial score (nSPS) is 16.5. The number of rotatable bonds is 3. The average molecular weight is 174 g/mol. The third kappa shape index (κ3) is 4.07. The van der Waals surface area contributed by atoms with Crippen molar-refractivity contribution in [3.63, 3.8) is 0 Å². The smallest absolute Gasteiger partial charge is 0.380 e. The molecule has 0 radical (unpaired) electrons. The van der Waals surface area contributed by atoms with Gasteiger partial charge in [-0.2, -0.15) is 13.2 Å². The predicted molar refractivity (Wildman–Crippen MR) is 35.7 cm³/mol. The van der Waals surface area contributed by atoms with E-state index in [1.54, 1.807) is 0 Å². The minimum absolute atomic E-state index is 0.190. The zero-order valence-corrected chi connectivity index (χ0v) is 6.83. The van der Waals surface area contributed by atoms with Crippen LogP contribution in [0.2, 0.25) is 0 Å². The number of halogens is 3. The third-order valence-corrected chi connectivity index (χ3v) is 2.42. The molecule has 0 spiro atoms. The van der Waals surface area contributed by atoms with Gasteiger partial charge in [0, 0.05) is 7.11 Å². The Labute approximate surface area is 59.7 Å². The highest BCUT2D eigenvalue weighted by atomic mass is 31.1. The lowest BCUT2D eigenvalue weighted by Crippen LogP contribution is -2.21. The zero-order valence-electron chi connectivity index (χ0n) is 5.83. The molecule has 0 aromatic carbocycles. The van der Waals surface area contributed by atoms with Crippen molar-refractivity contribution in [2.75, 3.05) is 13.5 Å². The van der Waals surface area contributed by atoms with Crippen LogP contribution in [0.25, 0.3) is 0 Å². The molecule has 10 heavy (non-hydrogen) atoms. The summed E-state index contributed by atoms with van der Waals surface area (Å²) in [6.07, 6.45) is -3.86. The van der Waals surface area contributed by atoms with Gasteiger partial charge in [0.2, 0.25) is 0 Å². The first kappa shape index (κ1) is 10.2. The monoisotopic (exact) mass is 174 g/mol. The topological polar surface area (TPSA) is 9.23 Å². The van der Waals surface area contributed by atoms with Gasteiger partial charge in [0.15, 0.2) is 0 Å². The quantitative estimate of drug-likeness (QED) is 0.596. The largest absolute Gasteiger partial charge is 0.395 e. The SMILES string of the molecule is COCPC(C)C(F)(F)F. The Morgan fingerprint density at radius 2 is 2.00 bits per heavy atom. The summed E-state index contributed by atoms with van der Waals surface area (Å²) in [6.45, 7) is 1.16. The van der Waals surface area contributed by atoms with E-state index in [-0.39, 0.29) is 14.9 Å². The highest BCUT2D eigenvalue weighted by Gasteiger charge is 2.35. The van der Waals surface area contributed by atoms with Crippen molar-refractivity contribution in [2.45, 2.75) is 18.8 Å². The van der Waals surface area contributed by atoms with Crippen molar-refractivity contribution >= 4 is 8.58 Å². The number of alkyl halides is 3. The molecule has 0 saturated heterocycles. The van der Waals surface area contributed by atoms with E-state index in [1.807, 2.05) is 0 Å². The van der Waals surface area contributed by atoms with Crippen LogP contribution in [0.5, 0.6) is 0 Å². The summed E-state index contributed by atoms with van der Waals surface area (Å²) < 4.78 is 39.7. The summed E-state index contributed by atoms with van der Waals surface area (Å²) in [6, 6.07) is 0. The molecule has 0 aromatic heterocycles. The van der Waals surface area contributed by atoms with Crippen LogP contribution in [0.3, 0.4) is 0 Å². The van der Waals surface area contributed by atoms with Crippen molar-refractivity contribution in [3.05, 3.63) is 0 Å². The van der Waals surface area contributed by atoms with Crippen molar-refractivity contribution in [1.29, 1.82) is 0 Å². The molecule has 1 nitrogen and oxygen atoms in total. The van der Waals surface area contributed by atoms with Crippen molar-refractivity contribution < 1.29 is 17.9 Å². The first-order valence-electron chi connectivity index (χ1n) is 2.77. The van der Waals surface area contributed by atoms with E-state index < -0.39 is 11.8 Å². The summed E-state index contributed by atoms with van der Waals surface area (Å²) in [5, 5.41) is 0. The molecular formula is C5H10F3OP. The Hall–Kier alpha value is 0.180. The second-order valence-corrected chi connectivity index (χ2v) is 3.46. The molecule has 0 rings (SSSR count). The Balaban J connectivity index is 3.52. The maximum Gasteiger partial charge on any atom is 0.395 e. The van der Waals surface area contributed by atoms with Gasteiger partial charge in [0.05, 0.1) is 12.0 Å². The maximum atomic E-state index is 11.7. The number of ether oxygens (including phenoxy) is 1. The highest BCUT2D eigenvalue weighted by Crippen LogP contribution is 2.33. The summed E-state index contributed by atoms with van der Waals surface area (Å²) in [5.74, 6) is 0. The van der Waals surface area contributed by atoms with E-state index in [4.69, 9.17) is 0 Å². The van der Waals surface area contributed by atoms with Gasteiger partial charge in [-0.15, -0.1) is 0 Å². The van der Waals surface area contributed by atoms with E-state index in [9.17, 15) is 13.2 Å². The van der Waals surface area contributed by atoms with Gasteiger partial charge in [-0.25, -0.2) is 0 Å². The standard InChI is InChI=1S/C5H10F3OP/c1-4(5(6,7)8)10-3-9-2/h4,10H,3H2,1-2H3. The molecule has 0 aliphatic rings. The summed E-state index contributed by atoms with van der Waals surface area (Å²) in [4.78, 5) is 0. The highest BCUT2D eigenvalue weighted by molar-refractivity contribution is 7.38. The minimum atomic E-state index is -4.06. The molecule has 62 valence electrons. The van der Waals surface area contributed by atoms with Crippen LogP contribution in [-0.2, 0) is 4.74 Å². The first-order valence-corrected chi connectivity index (χ1v) is 4.06. The van der Waals surface area contributed by atoms with Crippen LogP contribution in [0.15, 0.2) is 0 Å². The first-order chi connectivity index (χ1) is 4.48. The van der Waals surface area contributed by atoms with Crippen LogP contribution in [0.1, 0.15) is 6.92 Å². The molecule has 0 N–H and O–H groups in total. The van der Waals surface area contributed by atoms with E-state index in [0.29, 0.717) is 0 Å². The lowest BCUT2D eigenvalue weighted by molar-refractivity contribution is -0.126.